The van der Waals surface area contributed by atoms with Gasteiger partial charge in [0.15, 0.2) is 11.6 Å². The lowest BCUT2D eigenvalue weighted by Crippen LogP contribution is -2.05. The zero-order valence-corrected chi connectivity index (χ0v) is 8.15. The van der Waals surface area contributed by atoms with E-state index in [9.17, 15) is 9.59 Å². The van der Waals surface area contributed by atoms with Gasteiger partial charge in [-0.25, -0.2) is 0 Å². The number of aromatic nitrogens is 1. The Labute approximate surface area is 82.5 Å². The molecular formula is C11H11NO2. The molecule has 0 aliphatic heterocycles. The fraction of sp³-hybridized carbons (Fsp3) is 0.182. The number of Topliss-reactive ketones (excluding diaryl/α,β-unsaturated/α-hetero) is 2. The van der Waals surface area contributed by atoms with E-state index in [0.29, 0.717) is 5.69 Å². The summed E-state index contributed by atoms with van der Waals surface area (Å²) in [5.41, 5.74) is 0.802. The molecule has 0 N–H and O–H groups in total. The van der Waals surface area contributed by atoms with E-state index >= 15 is 0 Å². The summed E-state index contributed by atoms with van der Waals surface area (Å²) in [7, 11) is 0. The predicted molar refractivity (Wildman–Crippen MR) is 53.6 cm³/mol. The zero-order valence-electron chi connectivity index (χ0n) is 8.15. The van der Waals surface area contributed by atoms with Gasteiger partial charge in [-0.2, -0.15) is 0 Å². The third-order valence-corrected chi connectivity index (χ3v) is 1.74. The molecule has 1 aromatic heterocycles. The number of nitrogens with zero attached hydrogens (tertiary/aromatic N) is 1. The Morgan fingerprint density at radius 1 is 1.21 bits per heavy atom. The highest BCUT2D eigenvalue weighted by molar-refractivity contribution is 6.21. The molecule has 3 heteroatoms. The number of allylic oxidation sites excluding steroid dienone is 1. The summed E-state index contributed by atoms with van der Waals surface area (Å²) in [6.45, 7) is 2.74. The lowest BCUT2D eigenvalue weighted by molar-refractivity contribution is -0.119. The Morgan fingerprint density at radius 2 is 1.86 bits per heavy atom. The Kier molecular flexibility index (Phi) is 3.29. The average Bonchev–Trinajstić information content (AvgIpc) is 2.15. The molecule has 0 amide bonds. The molecule has 1 heterocycles. The quantitative estimate of drug-likeness (QED) is 0.412. The van der Waals surface area contributed by atoms with Crippen molar-refractivity contribution < 1.29 is 9.59 Å². The monoisotopic (exact) mass is 189 g/mol. The summed E-state index contributed by atoms with van der Waals surface area (Å²) in [6.07, 6.45) is 3.12. The van der Waals surface area contributed by atoms with Crippen molar-refractivity contribution in [3.63, 3.8) is 0 Å². The van der Waals surface area contributed by atoms with Crippen molar-refractivity contribution in [3.8, 4) is 0 Å². The fourth-order valence-corrected chi connectivity index (χ4v) is 1.06. The van der Waals surface area contributed by atoms with E-state index in [-0.39, 0.29) is 17.1 Å². The molecule has 72 valence electrons. The molecule has 0 atom stereocenters. The van der Waals surface area contributed by atoms with E-state index < -0.39 is 0 Å². The molecule has 0 aromatic carbocycles. The molecular weight excluding hydrogens is 178 g/mol. The minimum atomic E-state index is -0.233. The van der Waals surface area contributed by atoms with Crippen LogP contribution < -0.4 is 0 Å². The standard InChI is InChI=1S/C11H11NO2/c1-8(13)11(9(2)14)7-10-5-3-4-6-12-10/h3-7H,1-2H3. The van der Waals surface area contributed by atoms with Gasteiger partial charge < -0.3 is 0 Å². The highest BCUT2D eigenvalue weighted by Gasteiger charge is 2.08. The number of rotatable bonds is 3. The summed E-state index contributed by atoms with van der Waals surface area (Å²) in [6, 6.07) is 5.32. The zero-order chi connectivity index (χ0) is 10.6. The first-order valence-corrected chi connectivity index (χ1v) is 4.26. The lowest BCUT2D eigenvalue weighted by Gasteiger charge is -1.97. The molecule has 1 rings (SSSR count). The maximum Gasteiger partial charge on any atom is 0.163 e. The molecule has 1 aromatic rings. The normalized spacial score (nSPS) is 9.29. The van der Waals surface area contributed by atoms with E-state index in [1.807, 2.05) is 0 Å². The summed E-state index contributed by atoms with van der Waals surface area (Å²) in [4.78, 5) is 26.1. The Bertz CT molecular complexity index is 364. The lowest BCUT2D eigenvalue weighted by atomic mass is 10.1. The first kappa shape index (κ1) is 10.3. The second-order valence-corrected chi connectivity index (χ2v) is 2.92. The van der Waals surface area contributed by atoms with Gasteiger partial charge in [-0.15, -0.1) is 0 Å². The summed E-state index contributed by atoms with van der Waals surface area (Å²) in [5.74, 6) is -0.466. The molecule has 0 radical (unpaired) electrons. The number of ketones is 2. The van der Waals surface area contributed by atoms with E-state index in [4.69, 9.17) is 0 Å². The summed E-state index contributed by atoms with van der Waals surface area (Å²) < 4.78 is 0. The highest BCUT2D eigenvalue weighted by Crippen LogP contribution is 2.05. The maximum atomic E-state index is 11.1. The van der Waals surface area contributed by atoms with Crippen molar-refractivity contribution in [1.29, 1.82) is 0 Å². The first-order chi connectivity index (χ1) is 6.61. The minimum Gasteiger partial charge on any atom is -0.294 e. The predicted octanol–water partition coefficient (Wildman–Crippen LogP) is 1.64. The molecule has 0 aliphatic carbocycles. The molecule has 0 bridgehead atoms. The molecule has 3 nitrogen and oxygen atoms in total. The minimum absolute atomic E-state index is 0.184. The molecule has 0 saturated carbocycles. The van der Waals surface area contributed by atoms with Crippen molar-refractivity contribution >= 4 is 17.6 Å². The van der Waals surface area contributed by atoms with E-state index in [1.165, 1.54) is 19.9 Å². The third kappa shape index (κ3) is 2.62. The van der Waals surface area contributed by atoms with Gasteiger partial charge in [0.2, 0.25) is 0 Å². The van der Waals surface area contributed by atoms with Crippen molar-refractivity contribution in [2.75, 3.05) is 0 Å². The van der Waals surface area contributed by atoms with Crippen molar-refractivity contribution in [2.24, 2.45) is 0 Å². The molecule has 0 fully saturated rings. The third-order valence-electron chi connectivity index (χ3n) is 1.74. The Hall–Kier alpha value is -1.77. The molecule has 0 aliphatic rings. The van der Waals surface area contributed by atoms with Crippen LogP contribution in [0.15, 0.2) is 30.0 Å². The van der Waals surface area contributed by atoms with Crippen LogP contribution in [0.4, 0.5) is 0 Å². The van der Waals surface area contributed by atoms with Crippen LogP contribution in [-0.4, -0.2) is 16.6 Å². The van der Waals surface area contributed by atoms with Crippen LogP contribution in [0.1, 0.15) is 19.5 Å². The average molecular weight is 189 g/mol. The van der Waals surface area contributed by atoms with E-state index in [0.717, 1.165) is 0 Å². The van der Waals surface area contributed by atoms with Crippen molar-refractivity contribution in [1.82, 2.24) is 4.98 Å². The topological polar surface area (TPSA) is 47.0 Å². The smallest absolute Gasteiger partial charge is 0.163 e. The first-order valence-electron chi connectivity index (χ1n) is 4.26. The maximum absolute atomic E-state index is 11.1. The molecule has 14 heavy (non-hydrogen) atoms. The molecule has 0 spiro atoms. The van der Waals surface area contributed by atoms with Gasteiger partial charge in [0.1, 0.15) is 0 Å². The van der Waals surface area contributed by atoms with Gasteiger partial charge in [0.05, 0.1) is 11.3 Å². The van der Waals surface area contributed by atoms with Gasteiger partial charge in [0, 0.05) is 6.20 Å². The van der Waals surface area contributed by atoms with Crippen LogP contribution in [0.3, 0.4) is 0 Å². The van der Waals surface area contributed by atoms with Crippen LogP contribution in [0.2, 0.25) is 0 Å². The molecule has 0 saturated heterocycles. The second kappa shape index (κ2) is 4.46. The highest BCUT2D eigenvalue weighted by atomic mass is 16.1. The van der Waals surface area contributed by atoms with Gasteiger partial charge in [-0.3, -0.25) is 14.6 Å². The summed E-state index contributed by atoms with van der Waals surface area (Å²) in [5, 5.41) is 0. The summed E-state index contributed by atoms with van der Waals surface area (Å²) >= 11 is 0. The Balaban J connectivity index is 3.06. The van der Waals surface area contributed by atoms with Crippen LogP contribution in [-0.2, 0) is 9.59 Å². The SMILES string of the molecule is CC(=O)C(=Cc1ccccn1)C(C)=O. The van der Waals surface area contributed by atoms with Crippen LogP contribution in [0.5, 0.6) is 0 Å². The van der Waals surface area contributed by atoms with E-state index in [1.54, 1.807) is 24.4 Å². The number of carbonyl (C=O) groups is 2. The van der Waals surface area contributed by atoms with Gasteiger partial charge >= 0.3 is 0 Å². The number of carbonyl (C=O) groups excluding carboxylic acids is 2. The fourth-order valence-electron chi connectivity index (χ4n) is 1.06. The number of hydrogen-bond acceptors (Lipinski definition) is 3. The second-order valence-electron chi connectivity index (χ2n) is 2.92. The van der Waals surface area contributed by atoms with E-state index in [2.05, 4.69) is 4.98 Å². The van der Waals surface area contributed by atoms with Crippen molar-refractivity contribution in [2.45, 2.75) is 13.8 Å². The van der Waals surface area contributed by atoms with Crippen LogP contribution >= 0.6 is 0 Å². The largest absolute Gasteiger partial charge is 0.294 e. The van der Waals surface area contributed by atoms with Gasteiger partial charge in [-0.1, -0.05) is 6.07 Å². The number of hydrogen-bond donors (Lipinski definition) is 0. The Morgan fingerprint density at radius 3 is 2.29 bits per heavy atom. The molecule has 0 unspecified atom stereocenters. The van der Waals surface area contributed by atoms with Crippen LogP contribution in [0.25, 0.3) is 6.08 Å². The van der Waals surface area contributed by atoms with Gasteiger partial charge in [0.25, 0.3) is 0 Å². The van der Waals surface area contributed by atoms with Crippen LogP contribution in [0, 0.1) is 0 Å². The van der Waals surface area contributed by atoms with Crippen molar-refractivity contribution in [3.05, 3.63) is 35.7 Å². The number of pyridine rings is 1. The van der Waals surface area contributed by atoms with Gasteiger partial charge in [-0.05, 0) is 32.1 Å².